The Morgan fingerprint density at radius 2 is 1.69 bits per heavy atom. The third-order valence-corrected chi connectivity index (χ3v) is 6.76. The van der Waals surface area contributed by atoms with Gasteiger partial charge in [-0.15, -0.1) is 0 Å². The zero-order chi connectivity index (χ0) is 26.1. The molecule has 36 heavy (non-hydrogen) atoms. The van der Waals surface area contributed by atoms with E-state index in [0.29, 0.717) is 35.8 Å². The highest BCUT2D eigenvalue weighted by atomic mass is 16.5. The minimum absolute atomic E-state index is 0.0968. The van der Waals surface area contributed by atoms with E-state index < -0.39 is 0 Å². The van der Waals surface area contributed by atoms with Crippen molar-refractivity contribution in [2.75, 3.05) is 33.2 Å². The van der Waals surface area contributed by atoms with Crippen LogP contribution in [0.5, 0.6) is 17.2 Å². The van der Waals surface area contributed by atoms with Gasteiger partial charge in [0.1, 0.15) is 0 Å². The van der Waals surface area contributed by atoms with E-state index >= 15 is 0 Å². The Morgan fingerprint density at radius 3 is 2.36 bits per heavy atom. The highest BCUT2D eigenvalue weighted by Crippen LogP contribution is 2.50. The molecule has 0 bridgehead atoms. The smallest absolute Gasteiger partial charge is 0.217 e. The lowest BCUT2D eigenvalue weighted by Crippen LogP contribution is -2.26. The van der Waals surface area contributed by atoms with E-state index in [1.807, 2.05) is 18.2 Å². The van der Waals surface area contributed by atoms with Gasteiger partial charge in [-0.2, -0.15) is 0 Å². The summed E-state index contributed by atoms with van der Waals surface area (Å²) in [4.78, 5) is 25.3. The number of aryl methyl sites for hydroxylation is 1. The van der Waals surface area contributed by atoms with Gasteiger partial charge in [-0.3, -0.25) is 9.59 Å². The first-order valence-corrected chi connectivity index (χ1v) is 13.0. The number of hydrogen-bond acceptors (Lipinski definition) is 6. The number of carbonyl (C=O) groups excluding carboxylic acids is 1. The van der Waals surface area contributed by atoms with Crippen LogP contribution in [-0.4, -0.2) is 33.8 Å². The van der Waals surface area contributed by atoms with Crippen LogP contribution in [0, 0.1) is 0 Å². The van der Waals surface area contributed by atoms with Crippen LogP contribution in [0.4, 0.5) is 5.69 Å². The van der Waals surface area contributed by atoms with Crippen LogP contribution in [0.25, 0.3) is 11.1 Å². The highest BCUT2D eigenvalue weighted by Gasteiger charge is 2.29. The summed E-state index contributed by atoms with van der Waals surface area (Å²) >= 11 is 0. The minimum Gasteiger partial charge on any atom is -0.493 e. The van der Waals surface area contributed by atoms with Crippen LogP contribution >= 0.6 is 0 Å². The van der Waals surface area contributed by atoms with Crippen molar-refractivity contribution < 1.29 is 19.0 Å². The van der Waals surface area contributed by atoms with Crippen molar-refractivity contribution >= 4 is 11.6 Å². The molecule has 1 aliphatic rings. The van der Waals surface area contributed by atoms with E-state index in [0.717, 1.165) is 41.6 Å². The van der Waals surface area contributed by atoms with E-state index in [-0.39, 0.29) is 17.4 Å². The summed E-state index contributed by atoms with van der Waals surface area (Å²) in [7, 11) is 4.78. The minimum atomic E-state index is -0.307. The van der Waals surface area contributed by atoms with Crippen LogP contribution < -0.4 is 30.3 Å². The average molecular weight is 497 g/mol. The van der Waals surface area contributed by atoms with Crippen LogP contribution in [0.15, 0.2) is 29.1 Å². The molecule has 2 N–H and O–H groups in total. The number of carbonyl (C=O) groups is 1. The summed E-state index contributed by atoms with van der Waals surface area (Å²) in [6.45, 7) is 4.46. The predicted octanol–water partition coefficient (Wildman–Crippen LogP) is 5.64. The number of amides is 1. The van der Waals surface area contributed by atoms with Gasteiger partial charge in [0.15, 0.2) is 11.5 Å². The van der Waals surface area contributed by atoms with Gasteiger partial charge in [-0.25, -0.2) is 0 Å². The number of fused-ring (bicyclic) bond motifs is 3. The third kappa shape index (κ3) is 6.31. The fourth-order valence-electron chi connectivity index (χ4n) is 4.98. The van der Waals surface area contributed by atoms with Crippen LogP contribution in [-0.2, 0) is 11.2 Å². The van der Waals surface area contributed by atoms with Crippen molar-refractivity contribution in [1.82, 2.24) is 5.32 Å². The van der Waals surface area contributed by atoms with Crippen molar-refractivity contribution in [3.05, 3.63) is 45.6 Å². The standard InChI is InChI=1S/C29H40N2O5/c1-6-7-8-9-10-11-16-30-24-15-13-21-22(18-25(24)33)23(31-19(2)32)14-12-20-17-26(34-3)28(35-4)29(36-5)27(20)21/h13,15,17-18,23H,6-12,14,16H2,1-5H3,(H,30,33)(H,31,32)/t23-/m0/s1. The van der Waals surface area contributed by atoms with Gasteiger partial charge in [-0.1, -0.05) is 45.1 Å². The Bertz CT molecular complexity index is 1120. The second-order valence-corrected chi connectivity index (χ2v) is 9.29. The number of methoxy groups -OCH3 is 3. The van der Waals surface area contributed by atoms with Gasteiger partial charge in [0.05, 0.1) is 33.1 Å². The Kier molecular flexibility index (Phi) is 10.0. The van der Waals surface area contributed by atoms with E-state index in [2.05, 4.69) is 17.6 Å². The second kappa shape index (κ2) is 13.2. The van der Waals surface area contributed by atoms with E-state index in [1.165, 1.54) is 32.6 Å². The lowest BCUT2D eigenvalue weighted by molar-refractivity contribution is -0.119. The maximum Gasteiger partial charge on any atom is 0.217 e. The molecular formula is C29H40N2O5. The number of unbranched alkanes of at least 4 members (excludes halogenated alkanes) is 5. The molecule has 0 unspecified atom stereocenters. The van der Waals surface area contributed by atoms with Crippen LogP contribution in [0.3, 0.4) is 0 Å². The summed E-state index contributed by atoms with van der Waals surface area (Å²) in [5.74, 6) is 1.49. The molecular weight excluding hydrogens is 456 g/mol. The number of nitrogens with one attached hydrogen (secondary N) is 2. The monoisotopic (exact) mass is 496 g/mol. The molecule has 1 aliphatic carbocycles. The number of ether oxygens (including phenoxy) is 3. The molecule has 0 saturated heterocycles. The SMILES string of the molecule is CCCCCCCCNc1ccc2c(cc1=O)[C@@H](NC(C)=O)CCc1cc(OC)c(OC)c(OC)c1-2. The Balaban J connectivity index is 2.06. The van der Waals surface area contributed by atoms with E-state index in [4.69, 9.17) is 14.2 Å². The normalized spacial score (nSPS) is 14.2. The lowest BCUT2D eigenvalue weighted by Gasteiger charge is -2.19. The summed E-state index contributed by atoms with van der Waals surface area (Å²) in [6.07, 6.45) is 8.46. The first-order valence-electron chi connectivity index (χ1n) is 13.0. The molecule has 1 amide bonds. The summed E-state index contributed by atoms with van der Waals surface area (Å²) < 4.78 is 17.1. The van der Waals surface area contributed by atoms with Gasteiger partial charge < -0.3 is 24.8 Å². The Morgan fingerprint density at radius 1 is 0.972 bits per heavy atom. The van der Waals surface area contributed by atoms with Crippen molar-refractivity contribution in [3.63, 3.8) is 0 Å². The fraction of sp³-hybridized carbons (Fsp3) is 0.517. The number of anilines is 1. The second-order valence-electron chi connectivity index (χ2n) is 9.29. The molecule has 0 heterocycles. The molecule has 0 aliphatic heterocycles. The molecule has 0 spiro atoms. The van der Waals surface area contributed by atoms with Gasteiger partial charge >= 0.3 is 0 Å². The fourth-order valence-corrected chi connectivity index (χ4v) is 4.98. The van der Waals surface area contributed by atoms with E-state index in [1.54, 1.807) is 27.4 Å². The molecule has 2 aromatic carbocycles. The zero-order valence-electron chi connectivity index (χ0n) is 22.3. The maximum atomic E-state index is 13.3. The molecule has 0 radical (unpaired) electrons. The molecule has 0 fully saturated rings. The molecule has 0 aromatic heterocycles. The molecule has 3 rings (SSSR count). The topological polar surface area (TPSA) is 85.9 Å². The zero-order valence-corrected chi connectivity index (χ0v) is 22.3. The first kappa shape index (κ1) is 27.4. The highest BCUT2D eigenvalue weighted by molar-refractivity contribution is 5.83. The number of rotatable bonds is 12. The predicted molar refractivity (Wildman–Crippen MR) is 145 cm³/mol. The molecule has 7 nitrogen and oxygen atoms in total. The van der Waals surface area contributed by atoms with E-state index in [9.17, 15) is 9.59 Å². The quantitative estimate of drug-likeness (QED) is 0.370. The van der Waals surface area contributed by atoms with Crippen molar-refractivity contribution in [2.24, 2.45) is 0 Å². The van der Waals surface area contributed by atoms with Crippen molar-refractivity contribution in [2.45, 2.75) is 71.3 Å². The molecule has 196 valence electrons. The summed E-state index contributed by atoms with van der Waals surface area (Å²) in [6, 6.07) is 7.10. The average Bonchev–Trinajstić information content (AvgIpc) is 3.11. The van der Waals surface area contributed by atoms with Crippen LogP contribution in [0.1, 0.15) is 76.0 Å². The van der Waals surface area contributed by atoms with Gasteiger partial charge in [-0.05, 0) is 54.2 Å². The largest absolute Gasteiger partial charge is 0.493 e. The number of benzene rings is 1. The maximum absolute atomic E-state index is 13.3. The molecule has 1 atom stereocenters. The first-order chi connectivity index (χ1) is 17.4. The van der Waals surface area contributed by atoms with Gasteiger partial charge in [0, 0.05) is 19.0 Å². The van der Waals surface area contributed by atoms with Gasteiger partial charge in [0.25, 0.3) is 0 Å². The summed E-state index contributed by atoms with van der Waals surface area (Å²) in [5, 5.41) is 6.38. The molecule has 0 saturated carbocycles. The molecule has 2 aromatic rings. The number of hydrogen-bond donors (Lipinski definition) is 2. The van der Waals surface area contributed by atoms with Gasteiger partial charge in [0.2, 0.25) is 17.1 Å². The van der Waals surface area contributed by atoms with Crippen LogP contribution in [0.2, 0.25) is 0 Å². The lowest BCUT2D eigenvalue weighted by atomic mass is 9.95. The van der Waals surface area contributed by atoms with Crippen molar-refractivity contribution in [3.8, 4) is 28.4 Å². The Hall–Kier alpha value is -3.22. The molecule has 7 heteroatoms. The third-order valence-electron chi connectivity index (χ3n) is 6.76. The van der Waals surface area contributed by atoms with Crippen molar-refractivity contribution in [1.29, 1.82) is 0 Å². The Labute approximate surface area is 214 Å². The summed E-state index contributed by atoms with van der Waals surface area (Å²) in [5.41, 5.74) is 3.94.